The molecule has 1 rings (SSSR count). The lowest BCUT2D eigenvalue weighted by molar-refractivity contribution is 0.0827. The van der Waals surface area contributed by atoms with Gasteiger partial charge in [-0.2, -0.15) is 0 Å². The van der Waals surface area contributed by atoms with Gasteiger partial charge < -0.3 is 16.0 Å². The first-order valence-electron chi connectivity index (χ1n) is 5.91. The van der Waals surface area contributed by atoms with Crippen LogP contribution in [-0.4, -0.2) is 31.4 Å². The maximum atomic E-state index is 11.8. The molecule has 17 heavy (non-hydrogen) atoms. The van der Waals surface area contributed by atoms with Gasteiger partial charge in [-0.25, -0.2) is 0 Å². The second kappa shape index (κ2) is 6.13. The van der Waals surface area contributed by atoms with E-state index in [1.807, 2.05) is 6.07 Å². The van der Waals surface area contributed by atoms with Gasteiger partial charge in [0, 0.05) is 26.2 Å². The zero-order chi connectivity index (χ0) is 12.8. The van der Waals surface area contributed by atoms with Crippen LogP contribution in [0.1, 0.15) is 30.1 Å². The lowest BCUT2D eigenvalue weighted by atomic mass is 10.1. The van der Waals surface area contributed by atoms with Crippen molar-refractivity contribution in [1.29, 1.82) is 0 Å². The summed E-state index contributed by atoms with van der Waals surface area (Å²) in [5.41, 5.74) is 8.03. The quantitative estimate of drug-likeness (QED) is 0.607. The number of carbonyl (C=O) groups excluding carboxylic acids is 1. The van der Waals surface area contributed by atoms with E-state index in [-0.39, 0.29) is 5.91 Å². The Morgan fingerprint density at radius 2 is 2.12 bits per heavy atom. The van der Waals surface area contributed by atoms with Gasteiger partial charge in [0.2, 0.25) is 0 Å². The van der Waals surface area contributed by atoms with E-state index in [4.69, 9.17) is 5.73 Å². The van der Waals surface area contributed by atoms with Crippen molar-refractivity contribution in [3.63, 3.8) is 0 Å². The molecule has 0 unspecified atom stereocenters. The summed E-state index contributed by atoms with van der Waals surface area (Å²) in [4.78, 5) is 13.4. The van der Waals surface area contributed by atoms with Crippen LogP contribution in [0.5, 0.6) is 0 Å². The van der Waals surface area contributed by atoms with Gasteiger partial charge in [-0.15, -0.1) is 0 Å². The number of rotatable bonds is 5. The number of hydrogen-bond donors (Lipinski definition) is 2. The molecule has 0 aliphatic rings. The van der Waals surface area contributed by atoms with E-state index in [9.17, 15) is 4.79 Å². The summed E-state index contributed by atoms with van der Waals surface area (Å²) in [5, 5.41) is 3.25. The van der Waals surface area contributed by atoms with Crippen molar-refractivity contribution >= 4 is 17.3 Å². The molecule has 0 aromatic heterocycles. The van der Waals surface area contributed by atoms with Crippen LogP contribution in [0.4, 0.5) is 11.4 Å². The standard InChI is InChI=1S/C13H21N3O/c1-4-5-8-15-12-9-10(6-7-11(12)14)13(17)16(2)3/h6-7,9,15H,4-5,8,14H2,1-3H3. The molecule has 0 fully saturated rings. The molecule has 0 aliphatic carbocycles. The fourth-order valence-corrected chi connectivity index (χ4v) is 1.50. The van der Waals surface area contributed by atoms with Gasteiger partial charge in [-0.1, -0.05) is 13.3 Å². The van der Waals surface area contributed by atoms with Crippen molar-refractivity contribution in [3.05, 3.63) is 23.8 Å². The number of nitrogens with two attached hydrogens (primary N) is 1. The summed E-state index contributed by atoms with van der Waals surface area (Å²) in [7, 11) is 3.48. The number of nitrogens with zero attached hydrogens (tertiary/aromatic N) is 1. The number of benzene rings is 1. The Balaban J connectivity index is 2.83. The molecule has 0 saturated heterocycles. The minimum Gasteiger partial charge on any atom is -0.397 e. The molecular formula is C13H21N3O. The first kappa shape index (κ1) is 13.4. The predicted molar refractivity (Wildman–Crippen MR) is 72.3 cm³/mol. The molecule has 94 valence electrons. The molecule has 1 amide bonds. The molecular weight excluding hydrogens is 214 g/mol. The fourth-order valence-electron chi connectivity index (χ4n) is 1.50. The number of nitrogens with one attached hydrogen (secondary N) is 1. The molecule has 0 heterocycles. The third kappa shape index (κ3) is 3.66. The largest absolute Gasteiger partial charge is 0.397 e. The third-order valence-electron chi connectivity index (χ3n) is 2.55. The first-order valence-corrected chi connectivity index (χ1v) is 5.91. The van der Waals surface area contributed by atoms with E-state index in [0.29, 0.717) is 11.3 Å². The van der Waals surface area contributed by atoms with Crippen LogP contribution in [0.15, 0.2) is 18.2 Å². The van der Waals surface area contributed by atoms with Gasteiger partial charge in [0.15, 0.2) is 0 Å². The maximum Gasteiger partial charge on any atom is 0.253 e. The number of hydrogen-bond acceptors (Lipinski definition) is 3. The summed E-state index contributed by atoms with van der Waals surface area (Å²) < 4.78 is 0. The minimum atomic E-state index is -0.0106. The topological polar surface area (TPSA) is 58.4 Å². The van der Waals surface area contributed by atoms with Gasteiger partial charge in [0.05, 0.1) is 11.4 Å². The molecule has 0 atom stereocenters. The van der Waals surface area contributed by atoms with Gasteiger partial charge in [0.1, 0.15) is 0 Å². The van der Waals surface area contributed by atoms with Gasteiger partial charge in [-0.3, -0.25) is 4.79 Å². The summed E-state index contributed by atoms with van der Waals surface area (Å²) in [5.74, 6) is -0.0106. The van der Waals surface area contributed by atoms with Crippen molar-refractivity contribution in [2.24, 2.45) is 0 Å². The van der Waals surface area contributed by atoms with Crippen molar-refractivity contribution in [2.45, 2.75) is 19.8 Å². The van der Waals surface area contributed by atoms with Crippen LogP contribution in [0, 0.1) is 0 Å². The van der Waals surface area contributed by atoms with Crippen molar-refractivity contribution < 1.29 is 4.79 Å². The third-order valence-corrected chi connectivity index (χ3v) is 2.55. The molecule has 0 bridgehead atoms. The number of unbranched alkanes of at least 4 members (excludes halogenated alkanes) is 1. The highest BCUT2D eigenvalue weighted by Crippen LogP contribution is 2.20. The van der Waals surface area contributed by atoms with Crippen LogP contribution >= 0.6 is 0 Å². The number of anilines is 2. The monoisotopic (exact) mass is 235 g/mol. The molecule has 0 radical (unpaired) electrons. The SMILES string of the molecule is CCCCNc1cc(C(=O)N(C)C)ccc1N. The highest BCUT2D eigenvalue weighted by Gasteiger charge is 2.09. The molecule has 0 aliphatic heterocycles. The Morgan fingerprint density at radius 3 is 2.71 bits per heavy atom. The van der Waals surface area contributed by atoms with Crippen molar-refractivity contribution in [3.8, 4) is 0 Å². The fraction of sp³-hybridized carbons (Fsp3) is 0.462. The molecule has 0 saturated carbocycles. The Hall–Kier alpha value is -1.71. The maximum absolute atomic E-state index is 11.8. The lowest BCUT2D eigenvalue weighted by Crippen LogP contribution is -2.21. The Kier molecular flexibility index (Phi) is 4.82. The van der Waals surface area contributed by atoms with E-state index in [1.54, 1.807) is 31.1 Å². The van der Waals surface area contributed by atoms with Crippen LogP contribution < -0.4 is 11.1 Å². The second-order valence-electron chi connectivity index (χ2n) is 4.28. The molecule has 4 heteroatoms. The van der Waals surface area contributed by atoms with Crippen LogP contribution in [0.2, 0.25) is 0 Å². The number of amides is 1. The molecule has 0 spiro atoms. The second-order valence-corrected chi connectivity index (χ2v) is 4.28. The first-order chi connectivity index (χ1) is 8.06. The molecule has 1 aromatic carbocycles. The summed E-state index contributed by atoms with van der Waals surface area (Å²) >= 11 is 0. The normalized spacial score (nSPS) is 10.1. The van der Waals surface area contributed by atoms with E-state index >= 15 is 0 Å². The Bertz CT molecular complexity index is 388. The molecule has 3 N–H and O–H groups in total. The van der Waals surface area contributed by atoms with E-state index in [1.165, 1.54) is 0 Å². The molecule has 1 aromatic rings. The van der Waals surface area contributed by atoms with E-state index < -0.39 is 0 Å². The van der Waals surface area contributed by atoms with Crippen LogP contribution in [-0.2, 0) is 0 Å². The average Bonchev–Trinajstić information content (AvgIpc) is 2.30. The highest BCUT2D eigenvalue weighted by atomic mass is 16.2. The van der Waals surface area contributed by atoms with Gasteiger partial charge in [0.25, 0.3) is 5.91 Å². The van der Waals surface area contributed by atoms with Crippen LogP contribution in [0.25, 0.3) is 0 Å². The molecule has 4 nitrogen and oxygen atoms in total. The zero-order valence-electron chi connectivity index (χ0n) is 10.8. The lowest BCUT2D eigenvalue weighted by Gasteiger charge is -2.13. The number of carbonyl (C=O) groups is 1. The number of nitrogen functional groups attached to an aromatic ring is 1. The smallest absolute Gasteiger partial charge is 0.253 e. The minimum absolute atomic E-state index is 0.0106. The Labute approximate surface area is 103 Å². The zero-order valence-corrected chi connectivity index (χ0v) is 10.8. The van der Waals surface area contributed by atoms with Gasteiger partial charge in [-0.05, 0) is 24.6 Å². The highest BCUT2D eigenvalue weighted by molar-refractivity contribution is 5.95. The van der Waals surface area contributed by atoms with Crippen molar-refractivity contribution in [1.82, 2.24) is 4.90 Å². The summed E-state index contributed by atoms with van der Waals surface area (Å²) in [6, 6.07) is 5.33. The van der Waals surface area contributed by atoms with Crippen molar-refractivity contribution in [2.75, 3.05) is 31.7 Å². The van der Waals surface area contributed by atoms with E-state index in [0.717, 1.165) is 25.1 Å². The van der Waals surface area contributed by atoms with E-state index in [2.05, 4.69) is 12.2 Å². The summed E-state index contributed by atoms with van der Waals surface area (Å²) in [6.45, 7) is 3.01. The average molecular weight is 235 g/mol. The Morgan fingerprint density at radius 1 is 1.41 bits per heavy atom. The van der Waals surface area contributed by atoms with Crippen LogP contribution in [0.3, 0.4) is 0 Å². The predicted octanol–water partition coefficient (Wildman–Crippen LogP) is 2.18. The summed E-state index contributed by atoms with van der Waals surface area (Å²) in [6.07, 6.45) is 2.22. The van der Waals surface area contributed by atoms with Gasteiger partial charge >= 0.3 is 0 Å².